The molecule has 1 amide bonds. The van der Waals surface area contributed by atoms with Gasteiger partial charge in [-0.15, -0.1) is 10.2 Å². The highest BCUT2D eigenvalue weighted by Crippen LogP contribution is 2.24. The lowest BCUT2D eigenvalue weighted by molar-refractivity contribution is -0.121. The van der Waals surface area contributed by atoms with Gasteiger partial charge >= 0.3 is 0 Å². The lowest BCUT2D eigenvalue weighted by atomic mass is 10.1. The van der Waals surface area contributed by atoms with Crippen LogP contribution < -0.4 is 5.32 Å². The standard InChI is InChI=1S/C21H22FN3O3/c1-14-8-9-15(12-17(14)22)13-23-18(26)10-11-19-24-25-21(28-19)20(27-2)16-6-4-3-5-7-16/h3-9,12,20H,10-11,13H2,1-2H3,(H,23,26). The summed E-state index contributed by atoms with van der Waals surface area (Å²) in [4.78, 5) is 12.0. The number of hydrogen-bond acceptors (Lipinski definition) is 5. The van der Waals surface area contributed by atoms with Crippen molar-refractivity contribution in [3.63, 3.8) is 0 Å². The van der Waals surface area contributed by atoms with Crippen molar-refractivity contribution in [3.8, 4) is 0 Å². The SMILES string of the molecule is COC(c1ccccc1)c1nnc(CCC(=O)NCc2ccc(C)c(F)c2)o1. The van der Waals surface area contributed by atoms with Gasteiger partial charge < -0.3 is 14.5 Å². The van der Waals surface area contributed by atoms with Crippen LogP contribution in [-0.2, 0) is 22.5 Å². The normalized spacial score (nSPS) is 12.0. The number of nitrogens with one attached hydrogen (secondary N) is 1. The Morgan fingerprint density at radius 2 is 2.00 bits per heavy atom. The van der Waals surface area contributed by atoms with Crippen LogP contribution in [0.5, 0.6) is 0 Å². The second-order valence-corrected chi connectivity index (χ2v) is 6.42. The summed E-state index contributed by atoms with van der Waals surface area (Å²) in [6, 6.07) is 14.5. The molecule has 28 heavy (non-hydrogen) atoms. The van der Waals surface area contributed by atoms with Crippen LogP contribution in [0.15, 0.2) is 52.9 Å². The first-order chi connectivity index (χ1) is 13.6. The fourth-order valence-electron chi connectivity index (χ4n) is 2.74. The maximum absolute atomic E-state index is 13.5. The second-order valence-electron chi connectivity index (χ2n) is 6.42. The molecule has 0 aliphatic rings. The number of carbonyl (C=O) groups is 1. The molecule has 0 fully saturated rings. The number of aryl methyl sites for hydroxylation is 2. The average Bonchev–Trinajstić information content (AvgIpc) is 3.17. The highest BCUT2D eigenvalue weighted by atomic mass is 19.1. The van der Waals surface area contributed by atoms with Gasteiger partial charge in [0, 0.05) is 26.5 Å². The van der Waals surface area contributed by atoms with Crippen LogP contribution in [0.2, 0.25) is 0 Å². The molecule has 0 aliphatic carbocycles. The topological polar surface area (TPSA) is 77.2 Å². The molecular weight excluding hydrogens is 361 g/mol. The summed E-state index contributed by atoms with van der Waals surface area (Å²) in [5.41, 5.74) is 2.19. The molecule has 1 unspecified atom stereocenters. The number of nitrogens with zero attached hydrogens (tertiary/aromatic N) is 2. The molecule has 0 saturated heterocycles. The van der Waals surface area contributed by atoms with Gasteiger partial charge in [0.05, 0.1) is 0 Å². The van der Waals surface area contributed by atoms with Crippen molar-refractivity contribution in [2.45, 2.75) is 32.4 Å². The molecule has 3 aromatic rings. The number of halogens is 1. The van der Waals surface area contributed by atoms with E-state index in [-0.39, 0.29) is 24.7 Å². The third-order valence-corrected chi connectivity index (χ3v) is 4.34. The molecule has 3 rings (SSSR count). The summed E-state index contributed by atoms with van der Waals surface area (Å²) >= 11 is 0. The molecule has 6 nitrogen and oxygen atoms in total. The minimum Gasteiger partial charge on any atom is -0.422 e. The van der Waals surface area contributed by atoms with E-state index in [1.165, 1.54) is 6.07 Å². The molecule has 146 valence electrons. The van der Waals surface area contributed by atoms with Crippen LogP contribution in [-0.4, -0.2) is 23.2 Å². The van der Waals surface area contributed by atoms with E-state index in [0.29, 0.717) is 29.3 Å². The molecule has 1 heterocycles. The lowest BCUT2D eigenvalue weighted by Gasteiger charge is -2.10. The average molecular weight is 383 g/mol. The Bertz CT molecular complexity index is 928. The Labute approximate surface area is 162 Å². The number of hydrogen-bond donors (Lipinski definition) is 1. The monoisotopic (exact) mass is 383 g/mol. The minimum atomic E-state index is -0.451. The van der Waals surface area contributed by atoms with E-state index in [4.69, 9.17) is 9.15 Å². The Morgan fingerprint density at radius 3 is 2.71 bits per heavy atom. The van der Waals surface area contributed by atoms with Crippen LogP contribution in [0.4, 0.5) is 4.39 Å². The summed E-state index contributed by atoms with van der Waals surface area (Å²) in [5.74, 6) is 0.257. The first kappa shape index (κ1) is 19.7. The molecule has 1 atom stereocenters. The molecule has 0 radical (unpaired) electrons. The van der Waals surface area contributed by atoms with Crippen molar-refractivity contribution in [2.24, 2.45) is 0 Å². The predicted octanol–water partition coefficient (Wildman–Crippen LogP) is 3.50. The van der Waals surface area contributed by atoms with Crippen molar-refractivity contribution in [1.29, 1.82) is 0 Å². The van der Waals surface area contributed by atoms with Crippen LogP contribution in [0, 0.1) is 12.7 Å². The van der Waals surface area contributed by atoms with E-state index < -0.39 is 6.10 Å². The van der Waals surface area contributed by atoms with Crippen molar-refractivity contribution in [3.05, 3.63) is 82.8 Å². The number of methoxy groups -OCH3 is 1. The Hall–Kier alpha value is -3.06. The highest BCUT2D eigenvalue weighted by molar-refractivity contribution is 5.76. The zero-order valence-corrected chi connectivity index (χ0v) is 15.8. The summed E-state index contributed by atoms with van der Waals surface area (Å²) in [6.07, 6.45) is 0.0540. The summed E-state index contributed by atoms with van der Waals surface area (Å²) in [5, 5.41) is 10.8. The lowest BCUT2D eigenvalue weighted by Crippen LogP contribution is -2.23. The van der Waals surface area contributed by atoms with Gasteiger partial charge in [0.1, 0.15) is 5.82 Å². The van der Waals surface area contributed by atoms with E-state index in [1.54, 1.807) is 26.2 Å². The summed E-state index contributed by atoms with van der Waals surface area (Å²) < 4.78 is 24.7. The van der Waals surface area contributed by atoms with Gasteiger partial charge in [-0.2, -0.15) is 0 Å². The zero-order valence-electron chi connectivity index (χ0n) is 15.8. The third-order valence-electron chi connectivity index (χ3n) is 4.34. The Balaban J connectivity index is 1.52. The van der Waals surface area contributed by atoms with Gasteiger partial charge in [0.2, 0.25) is 17.7 Å². The number of carbonyl (C=O) groups excluding carboxylic acids is 1. The molecule has 7 heteroatoms. The zero-order chi connectivity index (χ0) is 19.9. The van der Waals surface area contributed by atoms with Gasteiger partial charge in [-0.1, -0.05) is 42.5 Å². The maximum Gasteiger partial charge on any atom is 0.249 e. The molecule has 1 aromatic heterocycles. The molecule has 0 saturated carbocycles. The van der Waals surface area contributed by atoms with Gasteiger partial charge in [-0.3, -0.25) is 4.79 Å². The molecule has 1 N–H and O–H groups in total. The van der Waals surface area contributed by atoms with Crippen LogP contribution in [0.1, 0.15) is 41.0 Å². The predicted molar refractivity (Wildman–Crippen MR) is 101 cm³/mol. The fourth-order valence-corrected chi connectivity index (χ4v) is 2.74. The van der Waals surface area contributed by atoms with Gasteiger partial charge in [-0.05, 0) is 29.7 Å². The van der Waals surface area contributed by atoms with Gasteiger partial charge in [0.25, 0.3) is 0 Å². The first-order valence-corrected chi connectivity index (χ1v) is 8.98. The van der Waals surface area contributed by atoms with Crippen LogP contribution >= 0.6 is 0 Å². The Morgan fingerprint density at radius 1 is 1.21 bits per heavy atom. The summed E-state index contributed by atoms with van der Waals surface area (Å²) in [6.45, 7) is 1.97. The number of ether oxygens (including phenoxy) is 1. The van der Waals surface area contributed by atoms with E-state index in [0.717, 1.165) is 5.56 Å². The van der Waals surface area contributed by atoms with E-state index in [2.05, 4.69) is 15.5 Å². The molecule has 0 bridgehead atoms. The van der Waals surface area contributed by atoms with Crippen molar-refractivity contribution in [2.75, 3.05) is 7.11 Å². The highest BCUT2D eigenvalue weighted by Gasteiger charge is 2.20. The molecular formula is C21H22FN3O3. The van der Waals surface area contributed by atoms with Crippen LogP contribution in [0.25, 0.3) is 0 Å². The van der Waals surface area contributed by atoms with Gasteiger partial charge in [0.15, 0.2) is 6.10 Å². The molecule has 2 aromatic carbocycles. The van der Waals surface area contributed by atoms with Crippen LogP contribution in [0.3, 0.4) is 0 Å². The molecule has 0 spiro atoms. The minimum absolute atomic E-state index is 0.174. The van der Waals surface area contributed by atoms with Gasteiger partial charge in [-0.25, -0.2) is 4.39 Å². The Kier molecular flexibility index (Phi) is 6.49. The third kappa shape index (κ3) is 5.01. The number of aromatic nitrogens is 2. The number of rotatable bonds is 8. The van der Waals surface area contributed by atoms with Crippen molar-refractivity contribution < 1.29 is 18.3 Å². The van der Waals surface area contributed by atoms with Crippen molar-refractivity contribution in [1.82, 2.24) is 15.5 Å². The van der Waals surface area contributed by atoms with E-state index in [1.807, 2.05) is 30.3 Å². The largest absolute Gasteiger partial charge is 0.422 e. The number of benzene rings is 2. The fraction of sp³-hybridized carbons (Fsp3) is 0.286. The first-order valence-electron chi connectivity index (χ1n) is 8.98. The quantitative estimate of drug-likeness (QED) is 0.644. The smallest absolute Gasteiger partial charge is 0.249 e. The summed E-state index contributed by atoms with van der Waals surface area (Å²) in [7, 11) is 1.57. The maximum atomic E-state index is 13.5. The molecule has 0 aliphatic heterocycles. The van der Waals surface area contributed by atoms with Crippen molar-refractivity contribution >= 4 is 5.91 Å². The van der Waals surface area contributed by atoms with E-state index in [9.17, 15) is 9.18 Å². The van der Waals surface area contributed by atoms with E-state index >= 15 is 0 Å². The number of amides is 1. The second kappa shape index (κ2) is 9.23.